The highest BCUT2D eigenvalue weighted by atomic mass is 35.5. The SMILES string of the molecule is N#C[C@H]1CN(Cc2ccccc2)C(=O)[C@@]1(O)c1cc(Cl)ccc1N. The summed E-state index contributed by atoms with van der Waals surface area (Å²) in [5, 5.41) is 20.9. The second-order valence-corrected chi connectivity index (χ2v) is 6.29. The molecule has 0 bridgehead atoms. The highest BCUT2D eigenvalue weighted by molar-refractivity contribution is 6.30. The molecule has 0 spiro atoms. The maximum atomic E-state index is 12.9. The van der Waals surface area contributed by atoms with Crippen LogP contribution < -0.4 is 5.73 Å². The van der Waals surface area contributed by atoms with Crippen molar-refractivity contribution in [1.29, 1.82) is 5.26 Å². The normalized spacial score (nSPS) is 23.3. The van der Waals surface area contributed by atoms with Crippen molar-refractivity contribution in [3.8, 4) is 6.07 Å². The number of benzene rings is 2. The molecule has 0 aliphatic carbocycles. The lowest BCUT2D eigenvalue weighted by Gasteiger charge is -2.26. The Labute approximate surface area is 144 Å². The molecular formula is C18H16ClN3O2. The quantitative estimate of drug-likeness (QED) is 0.838. The third-order valence-electron chi connectivity index (χ3n) is 4.32. The zero-order valence-corrected chi connectivity index (χ0v) is 13.6. The summed E-state index contributed by atoms with van der Waals surface area (Å²) in [5.41, 5.74) is 5.28. The van der Waals surface area contributed by atoms with Crippen molar-refractivity contribution in [3.05, 3.63) is 64.7 Å². The van der Waals surface area contributed by atoms with Crippen LogP contribution in [0.15, 0.2) is 48.5 Å². The fourth-order valence-corrected chi connectivity index (χ4v) is 3.23. The Morgan fingerprint density at radius 2 is 2.04 bits per heavy atom. The van der Waals surface area contributed by atoms with Gasteiger partial charge in [0.2, 0.25) is 0 Å². The van der Waals surface area contributed by atoms with Crippen molar-refractivity contribution in [2.75, 3.05) is 12.3 Å². The van der Waals surface area contributed by atoms with Gasteiger partial charge in [-0.3, -0.25) is 4.79 Å². The van der Waals surface area contributed by atoms with E-state index in [4.69, 9.17) is 17.3 Å². The van der Waals surface area contributed by atoms with Crippen molar-refractivity contribution in [2.24, 2.45) is 5.92 Å². The molecule has 2 atom stereocenters. The van der Waals surface area contributed by atoms with E-state index < -0.39 is 17.4 Å². The van der Waals surface area contributed by atoms with Crippen molar-refractivity contribution in [1.82, 2.24) is 4.90 Å². The van der Waals surface area contributed by atoms with Crippen LogP contribution in [0.1, 0.15) is 11.1 Å². The van der Waals surface area contributed by atoms with E-state index in [2.05, 4.69) is 0 Å². The summed E-state index contributed by atoms with van der Waals surface area (Å²) in [6.45, 7) is 0.452. The van der Waals surface area contributed by atoms with Gasteiger partial charge in [-0.2, -0.15) is 5.26 Å². The molecule has 0 unspecified atom stereocenters. The van der Waals surface area contributed by atoms with E-state index in [9.17, 15) is 15.2 Å². The highest BCUT2D eigenvalue weighted by Crippen LogP contribution is 2.41. The molecule has 1 aliphatic heterocycles. The molecule has 3 N–H and O–H groups in total. The van der Waals surface area contributed by atoms with Crippen LogP contribution in [0, 0.1) is 17.2 Å². The number of aliphatic hydroxyl groups is 1. The number of nitrogen functional groups attached to an aromatic ring is 1. The number of rotatable bonds is 3. The Morgan fingerprint density at radius 3 is 2.71 bits per heavy atom. The average molecular weight is 342 g/mol. The van der Waals surface area contributed by atoms with Crippen LogP contribution in [-0.4, -0.2) is 22.5 Å². The van der Waals surface area contributed by atoms with Crippen LogP contribution in [0.4, 0.5) is 5.69 Å². The predicted molar refractivity (Wildman–Crippen MR) is 90.7 cm³/mol. The molecule has 1 heterocycles. The van der Waals surface area contributed by atoms with Gasteiger partial charge in [-0.1, -0.05) is 41.9 Å². The number of likely N-dealkylation sites (tertiary alicyclic amines) is 1. The maximum Gasteiger partial charge on any atom is 0.261 e. The number of nitriles is 1. The van der Waals surface area contributed by atoms with Crippen molar-refractivity contribution in [2.45, 2.75) is 12.1 Å². The van der Waals surface area contributed by atoms with Crippen molar-refractivity contribution < 1.29 is 9.90 Å². The largest absolute Gasteiger partial charge is 0.398 e. The summed E-state index contributed by atoms with van der Waals surface area (Å²) in [5.74, 6) is -1.46. The molecule has 6 heteroatoms. The summed E-state index contributed by atoms with van der Waals surface area (Å²) in [6.07, 6.45) is 0. The molecule has 3 rings (SSSR count). The summed E-state index contributed by atoms with van der Waals surface area (Å²) >= 11 is 5.99. The highest BCUT2D eigenvalue weighted by Gasteiger charge is 2.55. The van der Waals surface area contributed by atoms with Crippen LogP contribution in [0.5, 0.6) is 0 Å². The molecule has 122 valence electrons. The molecule has 0 radical (unpaired) electrons. The molecule has 5 nitrogen and oxygen atoms in total. The molecule has 24 heavy (non-hydrogen) atoms. The fraction of sp³-hybridized carbons (Fsp3) is 0.222. The summed E-state index contributed by atoms with van der Waals surface area (Å²) in [7, 11) is 0. The number of carbonyl (C=O) groups excluding carboxylic acids is 1. The van der Waals surface area contributed by atoms with Crippen LogP contribution in [0.25, 0.3) is 0 Å². The number of halogens is 1. The van der Waals surface area contributed by atoms with E-state index in [1.165, 1.54) is 17.0 Å². The van der Waals surface area contributed by atoms with Gasteiger partial charge in [0.1, 0.15) is 5.92 Å². The number of nitrogens with two attached hydrogens (primary N) is 1. The lowest BCUT2D eigenvalue weighted by atomic mass is 9.83. The molecule has 1 amide bonds. The van der Waals surface area contributed by atoms with Crippen LogP contribution in [-0.2, 0) is 16.9 Å². The number of hydrogen-bond acceptors (Lipinski definition) is 4. The van der Waals surface area contributed by atoms with Gasteiger partial charge >= 0.3 is 0 Å². The van der Waals surface area contributed by atoms with Gasteiger partial charge in [0, 0.05) is 29.4 Å². The zero-order chi connectivity index (χ0) is 17.3. The first-order valence-corrected chi connectivity index (χ1v) is 7.85. The lowest BCUT2D eigenvalue weighted by molar-refractivity contribution is -0.145. The smallest absolute Gasteiger partial charge is 0.261 e. The second kappa shape index (κ2) is 6.16. The van der Waals surface area contributed by atoms with Crippen LogP contribution in [0.2, 0.25) is 5.02 Å². The monoisotopic (exact) mass is 341 g/mol. The van der Waals surface area contributed by atoms with Crippen molar-refractivity contribution >= 4 is 23.2 Å². The lowest BCUT2D eigenvalue weighted by Crippen LogP contribution is -2.40. The predicted octanol–water partition coefficient (Wildman–Crippen LogP) is 2.29. The van der Waals surface area contributed by atoms with E-state index in [1.807, 2.05) is 36.4 Å². The zero-order valence-electron chi connectivity index (χ0n) is 12.8. The molecule has 1 fully saturated rings. The Kier molecular flexibility index (Phi) is 4.18. The van der Waals surface area contributed by atoms with E-state index in [-0.39, 0.29) is 17.8 Å². The summed E-state index contributed by atoms with van der Waals surface area (Å²) in [6, 6.07) is 16.0. The van der Waals surface area contributed by atoms with Gasteiger partial charge < -0.3 is 15.7 Å². The van der Waals surface area contributed by atoms with Gasteiger partial charge in [0.05, 0.1) is 6.07 Å². The first kappa shape index (κ1) is 16.3. The van der Waals surface area contributed by atoms with Crippen molar-refractivity contribution in [3.63, 3.8) is 0 Å². The van der Waals surface area contributed by atoms with Gasteiger partial charge in [0.15, 0.2) is 5.60 Å². The van der Waals surface area contributed by atoms with Gasteiger partial charge in [-0.15, -0.1) is 0 Å². The summed E-state index contributed by atoms with van der Waals surface area (Å²) in [4.78, 5) is 14.4. The molecule has 2 aromatic carbocycles. The molecule has 0 aromatic heterocycles. The molecule has 1 aliphatic rings. The van der Waals surface area contributed by atoms with E-state index >= 15 is 0 Å². The van der Waals surface area contributed by atoms with Gasteiger partial charge in [0.25, 0.3) is 5.91 Å². The number of nitrogens with zero attached hydrogens (tertiary/aromatic N) is 2. The Morgan fingerprint density at radius 1 is 1.33 bits per heavy atom. The number of carbonyl (C=O) groups is 1. The maximum absolute atomic E-state index is 12.9. The standard InChI is InChI=1S/C18H16ClN3O2/c19-14-6-7-16(21)15(8-14)18(24)13(9-20)11-22(17(18)23)10-12-4-2-1-3-5-12/h1-8,13,24H,10-11,21H2/t13-,18-/m0/s1. The minimum Gasteiger partial charge on any atom is -0.398 e. The Bertz CT molecular complexity index is 819. The molecular weight excluding hydrogens is 326 g/mol. The molecule has 1 saturated heterocycles. The first-order chi connectivity index (χ1) is 11.5. The van der Waals surface area contributed by atoms with Gasteiger partial charge in [-0.25, -0.2) is 0 Å². The Hall–Kier alpha value is -2.55. The van der Waals surface area contributed by atoms with E-state index in [0.29, 0.717) is 11.6 Å². The van der Waals surface area contributed by atoms with E-state index in [0.717, 1.165) is 5.56 Å². The Balaban J connectivity index is 1.99. The summed E-state index contributed by atoms with van der Waals surface area (Å²) < 4.78 is 0. The number of hydrogen-bond donors (Lipinski definition) is 2. The van der Waals surface area contributed by atoms with E-state index in [1.54, 1.807) is 6.07 Å². The molecule has 2 aromatic rings. The van der Waals surface area contributed by atoms with Gasteiger partial charge in [-0.05, 0) is 23.8 Å². The second-order valence-electron chi connectivity index (χ2n) is 5.85. The minimum absolute atomic E-state index is 0.132. The minimum atomic E-state index is -1.99. The first-order valence-electron chi connectivity index (χ1n) is 7.47. The number of anilines is 1. The molecule has 0 saturated carbocycles. The average Bonchev–Trinajstić information content (AvgIpc) is 2.83. The number of amides is 1. The topological polar surface area (TPSA) is 90.3 Å². The fourth-order valence-electron chi connectivity index (χ4n) is 3.06. The third-order valence-corrected chi connectivity index (χ3v) is 4.55. The van der Waals surface area contributed by atoms with Crippen LogP contribution in [0.3, 0.4) is 0 Å². The third kappa shape index (κ3) is 2.60. The van der Waals surface area contributed by atoms with Crippen LogP contribution >= 0.6 is 11.6 Å².